The van der Waals surface area contributed by atoms with Crippen molar-refractivity contribution < 1.29 is 9.53 Å². The van der Waals surface area contributed by atoms with Gasteiger partial charge in [-0.15, -0.1) is 11.3 Å². The van der Waals surface area contributed by atoms with Crippen LogP contribution in [-0.4, -0.2) is 25.7 Å². The molecule has 0 fully saturated rings. The number of hydrogen-bond donors (Lipinski definition) is 1. The Hall–Kier alpha value is -3.23. The molecule has 0 aliphatic heterocycles. The summed E-state index contributed by atoms with van der Waals surface area (Å²) >= 11 is 7.20. The van der Waals surface area contributed by atoms with Crippen molar-refractivity contribution in [2.45, 2.75) is 20.1 Å². The Morgan fingerprint density at radius 3 is 2.83 bits per heavy atom. The van der Waals surface area contributed by atoms with Crippen molar-refractivity contribution in [3.05, 3.63) is 87.2 Å². The van der Waals surface area contributed by atoms with E-state index in [1.807, 2.05) is 31.3 Å². The lowest BCUT2D eigenvalue weighted by atomic mass is 10.2. The molecule has 0 radical (unpaired) electrons. The molecular formula is C21H18ClN5O2S. The largest absolute Gasteiger partial charge is 0.486 e. The summed E-state index contributed by atoms with van der Waals surface area (Å²) in [5, 5.41) is 8.49. The third-order valence-corrected chi connectivity index (χ3v) is 5.61. The second kappa shape index (κ2) is 9.06. The molecule has 4 aromatic rings. The highest BCUT2D eigenvalue weighted by Crippen LogP contribution is 2.21. The molecule has 0 saturated carbocycles. The van der Waals surface area contributed by atoms with Gasteiger partial charge >= 0.3 is 0 Å². The van der Waals surface area contributed by atoms with Gasteiger partial charge in [-0.05, 0) is 55.0 Å². The molecule has 9 heteroatoms. The number of rotatable bonds is 7. The number of carbonyl (C=O) groups excluding carboxylic acids is 1. The second-order valence-corrected chi connectivity index (χ2v) is 7.94. The average Bonchev–Trinajstić information content (AvgIpc) is 3.42. The predicted octanol–water partition coefficient (Wildman–Crippen LogP) is 4.19. The quantitative estimate of drug-likeness (QED) is 0.466. The summed E-state index contributed by atoms with van der Waals surface area (Å²) in [5.74, 6) is 1.23. The molecule has 0 spiro atoms. The van der Waals surface area contributed by atoms with Crippen molar-refractivity contribution in [2.75, 3.05) is 0 Å². The van der Waals surface area contributed by atoms with E-state index in [2.05, 4.69) is 20.4 Å². The van der Waals surface area contributed by atoms with Gasteiger partial charge in [0.1, 0.15) is 22.2 Å². The summed E-state index contributed by atoms with van der Waals surface area (Å²) < 4.78 is 7.39. The molecule has 152 valence electrons. The smallest absolute Gasteiger partial charge is 0.263 e. The van der Waals surface area contributed by atoms with Gasteiger partial charge in [0.05, 0.1) is 5.69 Å². The highest BCUT2D eigenvalue weighted by Gasteiger charge is 2.15. The first kappa shape index (κ1) is 20.1. The minimum absolute atomic E-state index is 0.166. The zero-order chi connectivity index (χ0) is 20.9. The minimum atomic E-state index is -0.166. The van der Waals surface area contributed by atoms with Crippen LogP contribution in [-0.2, 0) is 13.2 Å². The maximum Gasteiger partial charge on any atom is 0.263 e. The number of carbonyl (C=O) groups is 1. The Balaban J connectivity index is 1.37. The minimum Gasteiger partial charge on any atom is -0.486 e. The van der Waals surface area contributed by atoms with Gasteiger partial charge in [0.2, 0.25) is 0 Å². The fourth-order valence-electron chi connectivity index (χ4n) is 2.76. The van der Waals surface area contributed by atoms with Crippen molar-refractivity contribution in [1.29, 1.82) is 0 Å². The van der Waals surface area contributed by atoms with Crippen molar-refractivity contribution in [3.8, 4) is 11.6 Å². The molecule has 3 aromatic heterocycles. The van der Waals surface area contributed by atoms with Gasteiger partial charge in [-0.1, -0.05) is 11.6 Å². The third kappa shape index (κ3) is 4.84. The molecule has 1 N–H and O–H groups in total. The van der Waals surface area contributed by atoms with Crippen molar-refractivity contribution in [1.82, 2.24) is 25.1 Å². The number of nitrogens with zero attached hydrogens (tertiary/aromatic N) is 4. The van der Waals surface area contributed by atoms with Gasteiger partial charge < -0.3 is 10.1 Å². The number of hydrogen-bond acceptors (Lipinski definition) is 6. The van der Waals surface area contributed by atoms with E-state index in [0.29, 0.717) is 33.7 Å². The first-order valence-electron chi connectivity index (χ1n) is 9.16. The summed E-state index contributed by atoms with van der Waals surface area (Å²) in [7, 11) is 0. The molecule has 0 atom stereocenters. The molecule has 1 amide bonds. The Labute approximate surface area is 182 Å². The summed E-state index contributed by atoms with van der Waals surface area (Å²) in [6.07, 6.45) is 5.21. The van der Waals surface area contributed by atoms with Crippen molar-refractivity contribution in [3.63, 3.8) is 0 Å². The van der Waals surface area contributed by atoms with Crippen LogP contribution in [0, 0.1) is 6.92 Å². The molecule has 0 unspecified atom stereocenters. The number of pyridine rings is 1. The van der Waals surface area contributed by atoms with E-state index in [1.165, 1.54) is 11.3 Å². The topological polar surface area (TPSA) is 81.9 Å². The standard InChI is InChI=1S/C21H18ClN5O2S/c1-14-20(30-19(26-14)13-29-17-5-3-16(22)4-6-17)21(28)24-12-15-7-9-23-18(11-15)27-10-2-8-25-27/h2-11H,12-13H2,1H3,(H,24,28). The SMILES string of the molecule is Cc1nc(COc2ccc(Cl)cc2)sc1C(=O)NCc1ccnc(-n2cccn2)c1. The van der Waals surface area contributed by atoms with E-state index in [4.69, 9.17) is 16.3 Å². The monoisotopic (exact) mass is 439 g/mol. The molecule has 4 rings (SSSR count). The van der Waals surface area contributed by atoms with Gasteiger partial charge in [0.25, 0.3) is 5.91 Å². The fraction of sp³-hybridized carbons (Fsp3) is 0.143. The number of amides is 1. The summed E-state index contributed by atoms with van der Waals surface area (Å²) in [5.41, 5.74) is 1.61. The van der Waals surface area contributed by atoms with Crippen LogP contribution in [0.3, 0.4) is 0 Å². The maximum absolute atomic E-state index is 12.6. The van der Waals surface area contributed by atoms with Gasteiger partial charge in [0, 0.05) is 30.2 Å². The van der Waals surface area contributed by atoms with Crippen LogP contribution >= 0.6 is 22.9 Å². The van der Waals surface area contributed by atoms with Crippen LogP contribution in [0.4, 0.5) is 0 Å². The fourth-order valence-corrected chi connectivity index (χ4v) is 3.78. The number of ether oxygens (including phenoxy) is 1. The van der Waals surface area contributed by atoms with E-state index in [0.717, 1.165) is 10.6 Å². The zero-order valence-electron chi connectivity index (χ0n) is 16.1. The van der Waals surface area contributed by atoms with E-state index in [1.54, 1.807) is 41.3 Å². The Morgan fingerprint density at radius 2 is 2.07 bits per heavy atom. The van der Waals surface area contributed by atoms with E-state index >= 15 is 0 Å². The lowest BCUT2D eigenvalue weighted by Crippen LogP contribution is -2.22. The van der Waals surface area contributed by atoms with Crippen LogP contribution in [0.25, 0.3) is 5.82 Å². The lowest BCUT2D eigenvalue weighted by Gasteiger charge is -2.06. The summed E-state index contributed by atoms with van der Waals surface area (Å²) in [4.78, 5) is 22.0. The Morgan fingerprint density at radius 1 is 1.23 bits per heavy atom. The summed E-state index contributed by atoms with van der Waals surface area (Å²) in [6, 6.07) is 12.7. The predicted molar refractivity (Wildman–Crippen MR) is 115 cm³/mol. The number of aromatic nitrogens is 4. The second-order valence-electron chi connectivity index (χ2n) is 6.42. The van der Waals surface area contributed by atoms with E-state index < -0.39 is 0 Å². The number of benzene rings is 1. The zero-order valence-corrected chi connectivity index (χ0v) is 17.7. The molecule has 30 heavy (non-hydrogen) atoms. The molecule has 1 aromatic carbocycles. The number of halogens is 1. The normalized spacial score (nSPS) is 10.7. The van der Waals surface area contributed by atoms with Crippen LogP contribution in [0.1, 0.15) is 25.9 Å². The molecule has 3 heterocycles. The average molecular weight is 440 g/mol. The molecule has 0 aliphatic carbocycles. The molecule has 0 bridgehead atoms. The van der Waals surface area contributed by atoms with Crippen LogP contribution in [0.5, 0.6) is 5.75 Å². The molecule has 0 saturated heterocycles. The Bertz CT molecular complexity index is 1140. The summed E-state index contributed by atoms with van der Waals surface area (Å²) in [6.45, 7) is 2.49. The number of thiazole rings is 1. The van der Waals surface area contributed by atoms with Crippen LogP contribution in [0.15, 0.2) is 61.1 Å². The van der Waals surface area contributed by atoms with Crippen molar-refractivity contribution >= 4 is 28.8 Å². The third-order valence-electron chi connectivity index (χ3n) is 4.23. The molecular weight excluding hydrogens is 422 g/mol. The molecule has 7 nitrogen and oxygen atoms in total. The molecule has 0 aliphatic rings. The Kier molecular flexibility index (Phi) is 6.06. The van der Waals surface area contributed by atoms with Crippen LogP contribution < -0.4 is 10.1 Å². The maximum atomic E-state index is 12.6. The van der Waals surface area contributed by atoms with Gasteiger partial charge in [-0.25, -0.2) is 14.6 Å². The highest BCUT2D eigenvalue weighted by molar-refractivity contribution is 7.13. The highest BCUT2D eigenvalue weighted by atomic mass is 35.5. The van der Waals surface area contributed by atoms with E-state index in [9.17, 15) is 4.79 Å². The van der Waals surface area contributed by atoms with Gasteiger partial charge in [0.15, 0.2) is 5.82 Å². The van der Waals surface area contributed by atoms with Gasteiger partial charge in [-0.2, -0.15) is 5.10 Å². The first-order chi connectivity index (χ1) is 14.6. The van der Waals surface area contributed by atoms with Crippen LogP contribution in [0.2, 0.25) is 5.02 Å². The first-order valence-corrected chi connectivity index (χ1v) is 10.4. The van der Waals surface area contributed by atoms with Gasteiger partial charge in [-0.3, -0.25) is 4.79 Å². The number of nitrogens with one attached hydrogen (secondary N) is 1. The van der Waals surface area contributed by atoms with E-state index in [-0.39, 0.29) is 12.5 Å². The van der Waals surface area contributed by atoms with Crippen molar-refractivity contribution in [2.24, 2.45) is 0 Å². The number of aryl methyl sites for hydroxylation is 1. The lowest BCUT2D eigenvalue weighted by molar-refractivity contribution is 0.0954.